The number of nitriles is 1. The molecule has 0 fully saturated rings. The molecule has 2 N–H and O–H groups in total. The van der Waals surface area contributed by atoms with Gasteiger partial charge in [0, 0.05) is 0 Å². The van der Waals surface area contributed by atoms with Gasteiger partial charge >= 0.3 is 0 Å². The summed E-state index contributed by atoms with van der Waals surface area (Å²) in [5.74, 6) is 0. The van der Waals surface area contributed by atoms with Gasteiger partial charge in [-0.15, -0.1) is 0 Å². The Morgan fingerprint density at radius 2 is 2.46 bits per heavy atom. The molecule has 1 heterocycles. The van der Waals surface area contributed by atoms with Gasteiger partial charge in [-0.05, 0) is 18.1 Å². The van der Waals surface area contributed by atoms with E-state index >= 15 is 0 Å². The highest BCUT2D eigenvalue weighted by molar-refractivity contribution is 5.66. The van der Waals surface area contributed by atoms with E-state index in [1.54, 1.807) is 6.07 Å². The lowest BCUT2D eigenvalue weighted by Crippen LogP contribution is -2.19. The second-order valence-corrected chi connectivity index (χ2v) is 3.18. The molecule has 0 aromatic heterocycles. The molecular weight excluding hydrogens is 164 g/mol. The third-order valence-corrected chi connectivity index (χ3v) is 2.31. The first-order valence-corrected chi connectivity index (χ1v) is 4.24. The number of fused-ring (bicyclic) bond motifs is 1. The first-order valence-electron chi connectivity index (χ1n) is 4.24. The van der Waals surface area contributed by atoms with Crippen LogP contribution >= 0.6 is 0 Å². The fourth-order valence-electron chi connectivity index (χ4n) is 1.66. The number of aliphatic hydroxyl groups excluding tert-OH is 1. The first-order chi connectivity index (χ1) is 6.35. The Kier molecular flexibility index (Phi) is 1.91. The number of hydrogen-bond acceptors (Lipinski definition) is 3. The zero-order valence-corrected chi connectivity index (χ0v) is 7.12. The molecule has 1 atom stereocenters. The predicted octanol–water partition coefficient (Wildman–Crippen LogP) is 0.887. The third kappa shape index (κ3) is 1.25. The molecule has 1 aromatic carbocycles. The Hall–Kier alpha value is -1.53. The minimum Gasteiger partial charge on any atom is -0.394 e. The van der Waals surface area contributed by atoms with Crippen molar-refractivity contribution in [2.75, 3.05) is 11.9 Å². The maximum atomic E-state index is 8.96. The quantitative estimate of drug-likeness (QED) is 0.664. The highest BCUT2D eigenvalue weighted by Gasteiger charge is 2.21. The van der Waals surface area contributed by atoms with Crippen molar-refractivity contribution in [1.82, 2.24) is 0 Å². The smallest absolute Gasteiger partial charge is 0.101 e. The van der Waals surface area contributed by atoms with Crippen molar-refractivity contribution >= 4 is 5.69 Å². The van der Waals surface area contributed by atoms with Gasteiger partial charge in [-0.3, -0.25) is 0 Å². The summed E-state index contributed by atoms with van der Waals surface area (Å²) in [6.07, 6.45) is 0.807. The van der Waals surface area contributed by atoms with E-state index in [0.717, 1.165) is 17.7 Å². The molecule has 0 saturated carbocycles. The van der Waals surface area contributed by atoms with Gasteiger partial charge in [0.25, 0.3) is 0 Å². The Morgan fingerprint density at radius 3 is 3.15 bits per heavy atom. The Morgan fingerprint density at radius 1 is 1.62 bits per heavy atom. The van der Waals surface area contributed by atoms with Crippen molar-refractivity contribution in [2.24, 2.45) is 0 Å². The van der Waals surface area contributed by atoms with Crippen molar-refractivity contribution in [3.8, 4) is 6.07 Å². The number of nitrogens with zero attached hydrogens (tertiary/aromatic N) is 1. The standard InChI is InChI=1S/C10H10N2O/c11-5-8-3-1-2-7-4-9(6-13)12-10(7)8/h1-3,9,12-13H,4,6H2/t9-/m1/s1. The van der Waals surface area contributed by atoms with Crippen LogP contribution in [0, 0.1) is 11.3 Å². The predicted molar refractivity (Wildman–Crippen MR) is 49.4 cm³/mol. The van der Waals surface area contributed by atoms with Crippen LogP contribution in [0.1, 0.15) is 11.1 Å². The van der Waals surface area contributed by atoms with Gasteiger partial charge in [0.1, 0.15) is 6.07 Å². The number of anilines is 1. The molecule has 66 valence electrons. The zero-order chi connectivity index (χ0) is 9.26. The largest absolute Gasteiger partial charge is 0.394 e. The van der Waals surface area contributed by atoms with Crippen LogP contribution in [0.25, 0.3) is 0 Å². The Labute approximate surface area is 76.6 Å². The molecule has 1 aromatic rings. The highest BCUT2D eigenvalue weighted by atomic mass is 16.3. The molecule has 0 saturated heterocycles. The third-order valence-electron chi connectivity index (χ3n) is 2.31. The van der Waals surface area contributed by atoms with E-state index < -0.39 is 0 Å². The molecule has 0 spiro atoms. The molecule has 2 rings (SSSR count). The summed E-state index contributed by atoms with van der Waals surface area (Å²) >= 11 is 0. The van der Waals surface area contributed by atoms with Crippen molar-refractivity contribution in [3.05, 3.63) is 29.3 Å². The second kappa shape index (κ2) is 3.08. The maximum Gasteiger partial charge on any atom is 0.101 e. The number of rotatable bonds is 1. The van der Waals surface area contributed by atoms with Crippen LogP contribution < -0.4 is 5.32 Å². The monoisotopic (exact) mass is 174 g/mol. The van der Waals surface area contributed by atoms with Gasteiger partial charge in [0.05, 0.1) is 23.9 Å². The first kappa shape index (κ1) is 8.09. The fraction of sp³-hybridized carbons (Fsp3) is 0.300. The average molecular weight is 174 g/mol. The summed E-state index contributed by atoms with van der Waals surface area (Å²) in [5, 5.41) is 20.9. The van der Waals surface area contributed by atoms with Gasteiger partial charge in [-0.1, -0.05) is 12.1 Å². The summed E-state index contributed by atoms with van der Waals surface area (Å²) in [5.41, 5.74) is 2.68. The normalized spacial score (nSPS) is 18.9. The van der Waals surface area contributed by atoms with Gasteiger partial charge in [-0.2, -0.15) is 5.26 Å². The van der Waals surface area contributed by atoms with Crippen LogP contribution in [-0.4, -0.2) is 17.8 Å². The lowest BCUT2D eigenvalue weighted by atomic mass is 10.1. The van der Waals surface area contributed by atoms with Crippen LogP contribution in [0.3, 0.4) is 0 Å². The topological polar surface area (TPSA) is 56.0 Å². The molecule has 0 radical (unpaired) electrons. The highest BCUT2D eigenvalue weighted by Crippen LogP contribution is 2.28. The molecular formula is C10H10N2O. The maximum absolute atomic E-state index is 8.96. The van der Waals surface area contributed by atoms with E-state index in [4.69, 9.17) is 10.4 Å². The van der Waals surface area contributed by atoms with Crippen molar-refractivity contribution in [1.29, 1.82) is 5.26 Å². The van der Waals surface area contributed by atoms with Crippen LogP contribution in [0.5, 0.6) is 0 Å². The van der Waals surface area contributed by atoms with E-state index in [1.807, 2.05) is 12.1 Å². The van der Waals surface area contributed by atoms with Crippen LogP contribution in [0.2, 0.25) is 0 Å². The molecule has 1 aliphatic heterocycles. The molecule has 1 aliphatic rings. The number of hydrogen-bond donors (Lipinski definition) is 2. The summed E-state index contributed by atoms with van der Waals surface area (Å²) in [6.45, 7) is 0.111. The number of para-hydroxylation sites is 1. The molecule has 0 bridgehead atoms. The van der Waals surface area contributed by atoms with Gasteiger partial charge in [-0.25, -0.2) is 0 Å². The fourth-order valence-corrected chi connectivity index (χ4v) is 1.66. The SMILES string of the molecule is N#Cc1cccc2c1N[C@@H](CO)C2. The average Bonchev–Trinajstić information content (AvgIpc) is 2.59. The minimum atomic E-state index is 0.0736. The molecule has 0 aliphatic carbocycles. The van der Waals surface area contributed by atoms with Gasteiger partial charge < -0.3 is 10.4 Å². The van der Waals surface area contributed by atoms with E-state index in [-0.39, 0.29) is 12.6 Å². The summed E-state index contributed by atoms with van der Waals surface area (Å²) in [6, 6.07) is 7.84. The van der Waals surface area contributed by atoms with Gasteiger partial charge in [0.2, 0.25) is 0 Å². The van der Waals surface area contributed by atoms with Crippen LogP contribution in [0.15, 0.2) is 18.2 Å². The molecule has 3 nitrogen and oxygen atoms in total. The van der Waals surface area contributed by atoms with Crippen molar-refractivity contribution < 1.29 is 5.11 Å². The minimum absolute atomic E-state index is 0.0736. The summed E-state index contributed by atoms with van der Waals surface area (Å²) in [7, 11) is 0. The zero-order valence-electron chi connectivity index (χ0n) is 7.12. The van der Waals surface area contributed by atoms with Crippen LogP contribution in [-0.2, 0) is 6.42 Å². The molecule has 13 heavy (non-hydrogen) atoms. The van der Waals surface area contributed by atoms with E-state index in [2.05, 4.69) is 11.4 Å². The van der Waals surface area contributed by atoms with Crippen LogP contribution in [0.4, 0.5) is 5.69 Å². The molecule has 3 heteroatoms. The Bertz CT molecular complexity index is 368. The lowest BCUT2D eigenvalue weighted by Gasteiger charge is -2.06. The van der Waals surface area contributed by atoms with E-state index in [1.165, 1.54) is 0 Å². The number of benzene rings is 1. The summed E-state index contributed by atoms with van der Waals surface area (Å²) < 4.78 is 0. The lowest BCUT2D eigenvalue weighted by molar-refractivity contribution is 0.277. The van der Waals surface area contributed by atoms with Crippen molar-refractivity contribution in [2.45, 2.75) is 12.5 Å². The Balaban J connectivity index is 2.40. The van der Waals surface area contributed by atoms with Crippen molar-refractivity contribution in [3.63, 3.8) is 0 Å². The van der Waals surface area contributed by atoms with E-state index in [0.29, 0.717) is 5.56 Å². The number of nitrogens with one attached hydrogen (secondary N) is 1. The molecule has 0 amide bonds. The second-order valence-electron chi connectivity index (χ2n) is 3.18. The van der Waals surface area contributed by atoms with E-state index in [9.17, 15) is 0 Å². The number of aliphatic hydroxyl groups is 1. The van der Waals surface area contributed by atoms with Gasteiger partial charge in [0.15, 0.2) is 0 Å². The summed E-state index contributed by atoms with van der Waals surface area (Å²) in [4.78, 5) is 0. The molecule has 0 unspecified atom stereocenters.